The van der Waals surface area contributed by atoms with Crippen molar-refractivity contribution in [2.24, 2.45) is 51.1 Å². The number of rotatable bonds is 7. The summed E-state index contributed by atoms with van der Waals surface area (Å²) in [5.41, 5.74) is 5.95. The van der Waals surface area contributed by atoms with Crippen LogP contribution in [0.25, 0.3) is 0 Å². The van der Waals surface area contributed by atoms with Gasteiger partial charge in [0.05, 0.1) is 35.6 Å². The van der Waals surface area contributed by atoms with Gasteiger partial charge in [0.1, 0.15) is 12.2 Å². The number of amides is 1. The zero-order chi connectivity index (χ0) is 35.1. The highest BCUT2D eigenvalue weighted by molar-refractivity contribution is 5.69. The summed E-state index contributed by atoms with van der Waals surface area (Å²) in [6.07, 6.45) is 6.30. The third-order valence-electron chi connectivity index (χ3n) is 16.7. The molecule has 8 rings (SSSR count). The predicted molar refractivity (Wildman–Crippen MR) is 185 cm³/mol. The summed E-state index contributed by atoms with van der Waals surface area (Å²) in [5.74, 6) is 1.14. The third-order valence-corrected chi connectivity index (χ3v) is 16.7. The van der Waals surface area contributed by atoms with Gasteiger partial charge in [0, 0.05) is 51.4 Å². The molecule has 0 aromatic carbocycles. The van der Waals surface area contributed by atoms with Crippen molar-refractivity contribution in [2.75, 3.05) is 39.9 Å². The topological polar surface area (TPSA) is 127 Å². The van der Waals surface area contributed by atoms with Crippen molar-refractivity contribution >= 4 is 6.09 Å². The van der Waals surface area contributed by atoms with Crippen LogP contribution in [0, 0.1) is 45.3 Å². The second-order valence-electron chi connectivity index (χ2n) is 19.5. The first-order valence-corrected chi connectivity index (χ1v) is 19.7. The lowest BCUT2D eigenvalue weighted by Crippen LogP contribution is -2.70. The van der Waals surface area contributed by atoms with Crippen LogP contribution in [0.3, 0.4) is 0 Å². The summed E-state index contributed by atoms with van der Waals surface area (Å²) in [6, 6.07) is 0.422. The number of hydrogen-bond acceptors (Lipinski definition) is 9. The quantitative estimate of drug-likeness (QED) is 0.361. The lowest BCUT2D eigenvalue weighted by atomic mass is 9.43. The van der Waals surface area contributed by atoms with Gasteiger partial charge in [0.25, 0.3) is 0 Å². The summed E-state index contributed by atoms with van der Waals surface area (Å²) < 4.78 is 24.8. The van der Waals surface area contributed by atoms with Crippen molar-refractivity contribution in [1.82, 2.24) is 9.80 Å². The number of fused-ring (bicyclic) bond motifs is 4. The molecular formula is C39H65N3O7. The zero-order valence-electron chi connectivity index (χ0n) is 31.5. The number of nitrogens with zero attached hydrogens (tertiary/aromatic N) is 2. The van der Waals surface area contributed by atoms with Crippen molar-refractivity contribution in [1.29, 1.82) is 0 Å². The maximum atomic E-state index is 13.4. The van der Waals surface area contributed by atoms with Crippen molar-refractivity contribution < 1.29 is 34.0 Å². The van der Waals surface area contributed by atoms with Crippen LogP contribution in [-0.2, 0) is 18.9 Å². The van der Waals surface area contributed by atoms with Crippen LogP contribution in [0.4, 0.5) is 4.79 Å². The first kappa shape index (κ1) is 35.0. The Hall–Kier alpha value is -1.01. The number of carbonyl (C=O) groups excluding carboxylic acids is 1. The number of methoxy groups -OCH3 is 1. The molecule has 278 valence electrons. The molecule has 0 aromatic heterocycles. The van der Waals surface area contributed by atoms with E-state index in [1.807, 2.05) is 11.8 Å². The van der Waals surface area contributed by atoms with E-state index < -0.39 is 23.3 Å². The van der Waals surface area contributed by atoms with E-state index in [1.165, 1.54) is 6.42 Å². The minimum atomic E-state index is -1.06. The predicted octanol–water partition coefficient (Wildman–Crippen LogP) is 4.19. The Morgan fingerprint density at radius 1 is 1.04 bits per heavy atom. The van der Waals surface area contributed by atoms with E-state index in [0.29, 0.717) is 24.7 Å². The number of carbonyl (C=O) groups is 1. The number of aliphatic hydroxyl groups excluding tert-OH is 1. The molecule has 0 radical (unpaired) electrons. The summed E-state index contributed by atoms with van der Waals surface area (Å²) >= 11 is 0. The maximum absolute atomic E-state index is 13.4. The molecule has 8 aliphatic rings. The fraction of sp³-hybridized carbons (Fsp3) is 0.974. The highest BCUT2D eigenvalue weighted by atomic mass is 16.6. The minimum absolute atomic E-state index is 0.0911. The fourth-order valence-electron chi connectivity index (χ4n) is 14.2. The Kier molecular flexibility index (Phi) is 8.05. The molecule has 3 saturated heterocycles. The summed E-state index contributed by atoms with van der Waals surface area (Å²) in [5, 5.41) is 23.5. The van der Waals surface area contributed by atoms with Gasteiger partial charge < -0.3 is 39.8 Å². The third kappa shape index (κ3) is 4.59. The molecule has 3 heterocycles. The maximum Gasteiger partial charge on any atom is 0.410 e. The molecule has 8 fully saturated rings. The molecule has 13 unspecified atom stereocenters. The van der Waals surface area contributed by atoms with Gasteiger partial charge in [0.15, 0.2) is 0 Å². The Bertz CT molecular complexity index is 1310. The standard InChI is InChI=1S/C39H65N3O7/c1-9-47-32(35(5,6)45)25-16-22(2)29-30(48-25)31(43)39(40)27-11-10-26-34(3,4)28(12-13-37(26)21-38(27,37)15-14-36(29,39)7)49-33(44)42-17-23(18-42)41-19-24(20-41)46-8/h22-32,43,45H,9-21,40H2,1-8H3. The molecule has 1 amide bonds. The highest BCUT2D eigenvalue weighted by Gasteiger charge is 2.85. The van der Waals surface area contributed by atoms with E-state index in [0.717, 1.165) is 71.1 Å². The van der Waals surface area contributed by atoms with Gasteiger partial charge in [-0.3, -0.25) is 4.90 Å². The lowest BCUT2D eigenvalue weighted by molar-refractivity contribution is -0.214. The number of ether oxygens (including phenoxy) is 4. The molecule has 49 heavy (non-hydrogen) atoms. The van der Waals surface area contributed by atoms with Crippen LogP contribution in [0.1, 0.15) is 99.8 Å². The molecule has 0 aromatic rings. The first-order chi connectivity index (χ1) is 23.0. The molecule has 13 atom stereocenters. The van der Waals surface area contributed by atoms with Gasteiger partial charge >= 0.3 is 6.09 Å². The van der Waals surface area contributed by atoms with Gasteiger partial charge in [-0.15, -0.1) is 0 Å². The van der Waals surface area contributed by atoms with Crippen molar-refractivity contribution in [3.8, 4) is 0 Å². The number of aliphatic hydroxyl groups is 2. The van der Waals surface area contributed by atoms with E-state index >= 15 is 0 Å². The van der Waals surface area contributed by atoms with Gasteiger partial charge in [0.2, 0.25) is 0 Å². The molecule has 2 spiro atoms. The monoisotopic (exact) mass is 687 g/mol. The van der Waals surface area contributed by atoms with E-state index in [2.05, 4.69) is 32.6 Å². The average Bonchev–Trinajstić information content (AvgIpc) is 3.61. The molecule has 10 nitrogen and oxygen atoms in total. The molecule has 5 saturated carbocycles. The summed E-state index contributed by atoms with van der Waals surface area (Å²) in [6.45, 7) is 18.8. The van der Waals surface area contributed by atoms with Crippen molar-refractivity contribution in [2.45, 2.75) is 154 Å². The van der Waals surface area contributed by atoms with Crippen molar-refractivity contribution in [3.63, 3.8) is 0 Å². The lowest BCUT2D eigenvalue weighted by Gasteiger charge is -2.63. The normalized spacial score (nSPS) is 49.7. The van der Waals surface area contributed by atoms with Crippen LogP contribution >= 0.6 is 0 Å². The van der Waals surface area contributed by atoms with E-state index in [1.54, 1.807) is 21.0 Å². The second-order valence-corrected chi connectivity index (χ2v) is 19.5. The van der Waals surface area contributed by atoms with Gasteiger partial charge in [-0.05, 0) is 112 Å². The van der Waals surface area contributed by atoms with Gasteiger partial charge in [-0.1, -0.05) is 27.7 Å². The highest BCUT2D eigenvalue weighted by Crippen LogP contribution is 2.87. The zero-order valence-corrected chi connectivity index (χ0v) is 31.5. The Labute approximate surface area is 294 Å². The SMILES string of the molecule is CCOC(C1CC(C)C2C(O1)C(O)C1(N)C3CCC4C(C)(C)C(OC(=O)N5CC(N6CC(OC)C6)C5)CCC45CC35CCC21C)C(C)(C)O. The smallest absolute Gasteiger partial charge is 0.410 e. The largest absolute Gasteiger partial charge is 0.446 e. The van der Waals surface area contributed by atoms with E-state index in [-0.39, 0.29) is 63.8 Å². The Balaban J connectivity index is 0.982. The van der Waals surface area contributed by atoms with E-state index in [9.17, 15) is 15.0 Å². The molecule has 3 aliphatic heterocycles. The fourth-order valence-corrected chi connectivity index (χ4v) is 14.2. The molecule has 0 bridgehead atoms. The molecule has 10 heteroatoms. The average molecular weight is 688 g/mol. The number of hydrogen-bond donors (Lipinski definition) is 3. The summed E-state index contributed by atoms with van der Waals surface area (Å²) in [7, 11) is 1.77. The molecular weight excluding hydrogens is 622 g/mol. The second kappa shape index (κ2) is 11.3. The van der Waals surface area contributed by atoms with Crippen LogP contribution in [0.2, 0.25) is 0 Å². The Morgan fingerprint density at radius 3 is 2.37 bits per heavy atom. The molecule has 5 aliphatic carbocycles. The minimum Gasteiger partial charge on any atom is -0.446 e. The van der Waals surface area contributed by atoms with Crippen LogP contribution < -0.4 is 5.73 Å². The van der Waals surface area contributed by atoms with Gasteiger partial charge in [-0.2, -0.15) is 0 Å². The van der Waals surface area contributed by atoms with Crippen LogP contribution in [-0.4, -0.2) is 120 Å². The molecule has 4 N–H and O–H groups in total. The van der Waals surface area contributed by atoms with Crippen molar-refractivity contribution in [3.05, 3.63) is 0 Å². The van der Waals surface area contributed by atoms with Crippen LogP contribution in [0.15, 0.2) is 0 Å². The Morgan fingerprint density at radius 2 is 1.71 bits per heavy atom. The summed E-state index contributed by atoms with van der Waals surface area (Å²) in [4.78, 5) is 17.7. The number of nitrogens with two attached hydrogens (primary N) is 1. The van der Waals surface area contributed by atoms with Gasteiger partial charge in [-0.25, -0.2) is 4.79 Å². The van der Waals surface area contributed by atoms with E-state index in [4.69, 9.17) is 24.7 Å². The van der Waals surface area contributed by atoms with Crippen LogP contribution in [0.5, 0.6) is 0 Å². The first-order valence-electron chi connectivity index (χ1n) is 19.7. The number of likely N-dealkylation sites (tertiary alicyclic amines) is 2.